The first-order valence-corrected chi connectivity index (χ1v) is 10.3. The lowest BCUT2D eigenvalue weighted by molar-refractivity contribution is 0.481. The summed E-state index contributed by atoms with van der Waals surface area (Å²) in [7, 11) is 0. The molecule has 1 N–H and O–H groups in total. The van der Waals surface area contributed by atoms with Gasteiger partial charge < -0.3 is 9.32 Å². The van der Waals surface area contributed by atoms with Crippen molar-refractivity contribution in [3.05, 3.63) is 101 Å². The second-order valence-corrected chi connectivity index (χ2v) is 7.69. The van der Waals surface area contributed by atoms with Crippen LogP contribution in [0.2, 0.25) is 5.02 Å². The summed E-state index contributed by atoms with van der Waals surface area (Å²) in [5.41, 5.74) is 4.56. The Morgan fingerprint density at radius 1 is 1.06 bits per heavy atom. The average molecular weight is 430 g/mol. The number of hydrogen-bond donors (Lipinski definition) is 1. The lowest BCUT2D eigenvalue weighted by Gasteiger charge is -2.32. The Balaban J connectivity index is 1.53. The van der Waals surface area contributed by atoms with Gasteiger partial charge in [0.2, 0.25) is 5.96 Å². The van der Waals surface area contributed by atoms with Crippen LogP contribution in [0.1, 0.15) is 24.1 Å². The molecule has 0 amide bonds. The highest BCUT2D eigenvalue weighted by Gasteiger charge is 2.25. The van der Waals surface area contributed by atoms with Crippen molar-refractivity contribution < 1.29 is 4.42 Å². The summed E-state index contributed by atoms with van der Waals surface area (Å²) in [5, 5.41) is 3.97. The monoisotopic (exact) mass is 429 g/mol. The smallest absolute Gasteiger partial charge is 0.302 e. The highest BCUT2D eigenvalue weighted by molar-refractivity contribution is 6.31. The standard InChI is InChI=1S/C24H20ClN5O/c1-16-13-21(18-8-2-3-9-19(18)25)27-23(30(16)15-17-7-6-12-26-14-17)29-24-28-20-10-4-5-11-22(20)31-24/h2-14,21H,15H2,1H3,(H,27,28,29). The molecule has 0 spiro atoms. The predicted octanol–water partition coefficient (Wildman–Crippen LogP) is 5.81. The zero-order valence-corrected chi connectivity index (χ0v) is 17.6. The van der Waals surface area contributed by atoms with Gasteiger partial charge in [-0.3, -0.25) is 10.3 Å². The topological polar surface area (TPSA) is 66.6 Å². The molecule has 1 atom stereocenters. The van der Waals surface area contributed by atoms with Crippen molar-refractivity contribution in [2.75, 3.05) is 5.32 Å². The second-order valence-electron chi connectivity index (χ2n) is 7.29. The number of nitrogens with zero attached hydrogens (tertiary/aromatic N) is 4. The van der Waals surface area contributed by atoms with E-state index in [2.05, 4.69) is 33.2 Å². The predicted molar refractivity (Wildman–Crippen MR) is 123 cm³/mol. The summed E-state index contributed by atoms with van der Waals surface area (Å²) in [6.45, 7) is 2.67. The van der Waals surface area contributed by atoms with Crippen molar-refractivity contribution in [2.45, 2.75) is 19.5 Å². The maximum Gasteiger partial charge on any atom is 0.302 e. The molecule has 0 saturated heterocycles. The Morgan fingerprint density at radius 2 is 1.90 bits per heavy atom. The number of anilines is 1. The first-order chi connectivity index (χ1) is 15.2. The summed E-state index contributed by atoms with van der Waals surface area (Å²) >= 11 is 6.46. The van der Waals surface area contributed by atoms with Gasteiger partial charge in [-0.25, -0.2) is 4.99 Å². The summed E-state index contributed by atoms with van der Waals surface area (Å²) in [6, 6.07) is 19.6. The van der Waals surface area contributed by atoms with E-state index < -0.39 is 0 Å². The third-order valence-corrected chi connectivity index (χ3v) is 5.49. The van der Waals surface area contributed by atoms with Crippen molar-refractivity contribution in [2.24, 2.45) is 4.99 Å². The number of nitrogens with one attached hydrogen (secondary N) is 1. The number of aromatic nitrogens is 2. The number of rotatable bonds is 4. The van der Waals surface area contributed by atoms with Crippen LogP contribution in [0.3, 0.4) is 0 Å². The van der Waals surface area contributed by atoms with Crippen LogP contribution in [0.25, 0.3) is 11.1 Å². The van der Waals surface area contributed by atoms with Gasteiger partial charge in [-0.05, 0) is 48.4 Å². The van der Waals surface area contributed by atoms with Crippen molar-refractivity contribution in [3.63, 3.8) is 0 Å². The van der Waals surface area contributed by atoms with Gasteiger partial charge in [-0.15, -0.1) is 0 Å². The van der Waals surface area contributed by atoms with E-state index in [1.807, 2.05) is 66.9 Å². The van der Waals surface area contributed by atoms with E-state index in [9.17, 15) is 0 Å². The molecule has 0 bridgehead atoms. The van der Waals surface area contributed by atoms with Crippen LogP contribution in [0, 0.1) is 0 Å². The Bertz CT molecular complexity index is 1250. The van der Waals surface area contributed by atoms with Gasteiger partial charge in [-0.2, -0.15) is 4.98 Å². The highest BCUT2D eigenvalue weighted by atomic mass is 35.5. The lowest BCUT2D eigenvalue weighted by atomic mass is 10.0. The molecule has 31 heavy (non-hydrogen) atoms. The first-order valence-electron chi connectivity index (χ1n) is 9.97. The normalized spacial score (nSPS) is 16.2. The molecule has 3 heterocycles. The van der Waals surface area contributed by atoms with Gasteiger partial charge in [-0.1, -0.05) is 48.0 Å². The zero-order chi connectivity index (χ0) is 21.2. The van der Waals surface area contributed by atoms with Crippen LogP contribution in [0.5, 0.6) is 0 Å². The number of aliphatic imine (C=N–C) groups is 1. The van der Waals surface area contributed by atoms with Crippen LogP contribution in [0.15, 0.2) is 94.2 Å². The van der Waals surface area contributed by atoms with Crippen LogP contribution in [-0.4, -0.2) is 20.8 Å². The van der Waals surface area contributed by atoms with Crippen molar-refractivity contribution in [1.82, 2.24) is 14.9 Å². The van der Waals surface area contributed by atoms with Gasteiger partial charge in [0.25, 0.3) is 0 Å². The molecule has 1 aliphatic rings. The molecule has 0 saturated carbocycles. The van der Waals surface area contributed by atoms with Gasteiger partial charge in [0, 0.05) is 23.1 Å². The van der Waals surface area contributed by atoms with E-state index in [0.29, 0.717) is 23.5 Å². The molecular weight excluding hydrogens is 410 g/mol. The van der Waals surface area contributed by atoms with E-state index in [4.69, 9.17) is 21.0 Å². The number of benzene rings is 2. The fourth-order valence-corrected chi connectivity index (χ4v) is 3.84. The molecular formula is C24H20ClN5O. The molecule has 4 aromatic rings. The molecule has 0 radical (unpaired) electrons. The number of fused-ring (bicyclic) bond motifs is 1. The fraction of sp³-hybridized carbons (Fsp3) is 0.125. The molecule has 1 unspecified atom stereocenters. The number of allylic oxidation sites excluding steroid dienone is 1. The quantitative estimate of drug-likeness (QED) is 0.443. The van der Waals surface area contributed by atoms with Crippen molar-refractivity contribution >= 4 is 34.7 Å². The number of oxazole rings is 1. The highest BCUT2D eigenvalue weighted by Crippen LogP contribution is 2.32. The summed E-state index contributed by atoms with van der Waals surface area (Å²) in [4.78, 5) is 15.8. The van der Waals surface area contributed by atoms with Gasteiger partial charge in [0.05, 0.1) is 6.54 Å². The molecule has 0 aliphatic carbocycles. The summed E-state index contributed by atoms with van der Waals surface area (Å²) < 4.78 is 5.88. The van der Waals surface area contributed by atoms with Crippen LogP contribution in [-0.2, 0) is 6.54 Å². The number of hydrogen-bond acceptors (Lipinski definition) is 6. The third-order valence-electron chi connectivity index (χ3n) is 5.14. The third kappa shape index (κ3) is 4.02. The van der Waals surface area contributed by atoms with Crippen molar-refractivity contribution in [1.29, 1.82) is 0 Å². The van der Waals surface area contributed by atoms with Crippen LogP contribution >= 0.6 is 11.6 Å². The van der Waals surface area contributed by atoms with E-state index in [-0.39, 0.29) is 6.04 Å². The van der Waals surface area contributed by atoms with E-state index >= 15 is 0 Å². The molecule has 2 aromatic carbocycles. The number of halogens is 1. The molecule has 6 nitrogen and oxygen atoms in total. The number of guanidine groups is 1. The van der Waals surface area contributed by atoms with Crippen LogP contribution in [0.4, 0.5) is 6.01 Å². The molecule has 2 aromatic heterocycles. The Kier molecular flexibility index (Phi) is 5.14. The van der Waals surface area contributed by atoms with Crippen LogP contribution < -0.4 is 5.32 Å². The zero-order valence-electron chi connectivity index (χ0n) is 16.9. The van der Waals surface area contributed by atoms with E-state index in [1.54, 1.807) is 6.20 Å². The first kappa shape index (κ1) is 19.3. The van der Waals surface area contributed by atoms with Gasteiger partial charge in [0.15, 0.2) is 5.58 Å². The second kappa shape index (κ2) is 8.24. The Morgan fingerprint density at radius 3 is 2.71 bits per heavy atom. The minimum absolute atomic E-state index is 0.217. The van der Waals surface area contributed by atoms with Gasteiger partial charge in [0.1, 0.15) is 11.6 Å². The van der Waals surface area contributed by atoms with Gasteiger partial charge >= 0.3 is 6.01 Å². The summed E-state index contributed by atoms with van der Waals surface area (Å²) in [5.74, 6) is 0.639. The van der Waals surface area contributed by atoms with E-state index in [0.717, 1.165) is 27.9 Å². The maximum atomic E-state index is 6.46. The molecule has 1 aliphatic heterocycles. The largest absolute Gasteiger partial charge is 0.423 e. The number of pyridine rings is 1. The minimum Gasteiger partial charge on any atom is -0.423 e. The summed E-state index contributed by atoms with van der Waals surface area (Å²) in [6.07, 6.45) is 5.72. The number of para-hydroxylation sites is 2. The average Bonchev–Trinajstić information content (AvgIpc) is 3.19. The van der Waals surface area contributed by atoms with Crippen molar-refractivity contribution in [3.8, 4) is 0 Å². The Labute approximate surface area is 184 Å². The minimum atomic E-state index is -0.217. The molecule has 7 heteroatoms. The lowest BCUT2D eigenvalue weighted by Crippen LogP contribution is -2.37. The molecule has 0 fully saturated rings. The molecule has 154 valence electrons. The fourth-order valence-electron chi connectivity index (χ4n) is 3.59. The maximum absolute atomic E-state index is 6.46. The SMILES string of the molecule is CC1=CC(c2ccccc2Cl)N=C(Nc2nc3ccccc3o2)N1Cc1cccnc1. The molecule has 5 rings (SSSR count). The Hall–Kier alpha value is -3.64. The van der Waals surface area contributed by atoms with E-state index in [1.165, 1.54) is 0 Å².